The van der Waals surface area contributed by atoms with Crippen molar-refractivity contribution in [3.05, 3.63) is 11.8 Å². The zero-order valence-corrected chi connectivity index (χ0v) is 17.6. The first-order valence-electron chi connectivity index (χ1n) is 9.65. The van der Waals surface area contributed by atoms with Crippen LogP contribution in [-0.2, 0) is 10.0 Å². The number of hydrogen-bond acceptors (Lipinski definition) is 8. The highest BCUT2D eigenvalue weighted by atomic mass is 32.2. The summed E-state index contributed by atoms with van der Waals surface area (Å²) in [6, 6.07) is 1.77. The van der Waals surface area contributed by atoms with Crippen LogP contribution in [0.2, 0.25) is 0 Å². The summed E-state index contributed by atoms with van der Waals surface area (Å²) in [5.41, 5.74) is -1.51. The van der Waals surface area contributed by atoms with E-state index in [0.717, 1.165) is 6.26 Å². The van der Waals surface area contributed by atoms with Crippen LogP contribution in [0.4, 0.5) is 14.7 Å². The van der Waals surface area contributed by atoms with E-state index in [2.05, 4.69) is 15.3 Å². The van der Waals surface area contributed by atoms with Gasteiger partial charge >= 0.3 is 0 Å². The molecule has 2 N–H and O–H groups in total. The van der Waals surface area contributed by atoms with Crippen LogP contribution in [0.5, 0.6) is 5.88 Å². The maximum Gasteiger partial charge on any atom is 0.251 e. The number of nitrogens with zero attached hydrogens (tertiary/aromatic N) is 4. The summed E-state index contributed by atoms with van der Waals surface area (Å²) < 4.78 is 57.9. The van der Waals surface area contributed by atoms with Gasteiger partial charge in [-0.05, 0) is 26.2 Å². The molecule has 1 saturated carbocycles. The number of nitriles is 1. The lowest BCUT2D eigenvalue weighted by molar-refractivity contribution is -0.155. The van der Waals surface area contributed by atoms with Gasteiger partial charge in [-0.25, -0.2) is 26.5 Å². The SMILES string of the molecule is CC1(O)CCC(F)(F)CC1Oc1nc(NC2CCN(S(C)(=O)=O)CC2)ncc1C#N. The molecule has 0 amide bonds. The number of rotatable bonds is 5. The summed E-state index contributed by atoms with van der Waals surface area (Å²) >= 11 is 0. The number of hydrogen-bond donors (Lipinski definition) is 2. The first-order valence-corrected chi connectivity index (χ1v) is 11.5. The lowest BCUT2D eigenvalue weighted by Gasteiger charge is -2.40. The number of nitrogens with one attached hydrogen (secondary N) is 1. The van der Waals surface area contributed by atoms with Gasteiger partial charge in [0.05, 0.1) is 24.5 Å². The molecule has 166 valence electrons. The maximum absolute atomic E-state index is 13.8. The van der Waals surface area contributed by atoms with E-state index in [9.17, 15) is 27.6 Å². The van der Waals surface area contributed by atoms with E-state index in [0.29, 0.717) is 25.9 Å². The Bertz CT molecular complexity index is 927. The van der Waals surface area contributed by atoms with Gasteiger partial charge in [0.1, 0.15) is 17.7 Å². The van der Waals surface area contributed by atoms with E-state index >= 15 is 0 Å². The molecule has 1 aliphatic carbocycles. The van der Waals surface area contributed by atoms with E-state index in [4.69, 9.17) is 4.74 Å². The van der Waals surface area contributed by atoms with Crippen molar-refractivity contribution in [1.29, 1.82) is 5.26 Å². The van der Waals surface area contributed by atoms with Crippen molar-refractivity contribution in [3.8, 4) is 11.9 Å². The zero-order chi connectivity index (χ0) is 22.2. The molecule has 0 spiro atoms. The molecule has 0 aromatic carbocycles. The third kappa shape index (κ3) is 5.33. The smallest absolute Gasteiger partial charge is 0.251 e. The van der Waals surface area contributed by atoms with Gasteiger partial charge in [0.15, 0.2) is 0 Å². The van der Waals surface area contributed by atoms with E-state index in [1.54, 1.807) is 0 Å². The Hall–Kier alpha value is -2.10. The largest absolute Gasteiger partial charge is 0.470 e. The molecule has 1 aromatic heterocycles. The normalized spacial score (nSPS) is 27.9. The second-order valence-corrected chi connectivity index (χ2v) is 10.1. The number of sulfonamides is 1. The van der Waals surface area contributed by atoms with E-state index in [-0.39, 0.29) is 29.9 Å². The zero-order valence-electron chi connectivity index (χ0n) is 16.8. The lowest BCUT2D eigenvalue weighted by atomic mass is 9.81. The molecule has 30 heavy (non-hydrogen) atoms. The number of piperidine rings is 1. The molecule has 0 bridgehead atoms. The molecule has 2 aliphatic rings. The molecule has 2 heterocycles. The lowest BCUT2D eigenvalue weighted by Crippen LogP contribution is -2.51. The van der Waals surface area contributed by atoms with Gasteiger partial charge < -0.3 is 15.2 Å². The van der Waals surface area contributed by atoms with Crippen molar-refractivity contribution in [2.45, 2.75) is 62.7 Å². The van der Waals surface area contributed by atoms with Crippen LogP contribution in [-0.4, -0.2) is 70.8 Å². The molecule has 1 aliphatic heterocycles. The van der Waals surface area contributed by atoms with Crippen LogP contribution >= 0.6 is 0 Å². The Kier molecular flexibility index (Phi) is 6.18. The van der Waals surface area contributed by atoms with Crippen LogP contribution in [0, 0.1) is 11.3 Å². The highest BCUT2D eigenvalue weighted by Crippen LogP contribution is 2.40. The molecule has 2 atom stereocenters. The van der Waals surface area contributed by atoms with Gasteiger partial charge in [-0.2, -0.15) is 10.2 Å². The average molecular weight is 445 g/mol. The minimum Gasteiger partial charge on any atom is -0.470 e. The molecule has 2 fully saturated rings. The van der Waals surface area contributed by atoms with Gasteiger partial charge in [-0.3, -0.25) is 0 Å². The number of aliphatic hydroxyl groups is 1. The monoisotopic (exact) mass is 445 g/mol. The van der Waals surface area contributed by atoms with Crippen LogP contribution in [0.3, 0.4) is 0 Å². The van der Waals surface area contributed by atoms with Crippen LogP contribution in [0.15, 0.2) is 6.20 Å². The molecular formula is C18H25F2N5O4S. The van der Waals surface area contributed by atoms with Crippen molar-refractivity contribution in [2.24, 2.45) is 0 Å². The predicted molar refractivity (Wildman–Crippen MR) is 104 cm³/mol. The average Bonchev–Trinajstić information content (AvgIpc) is 2.65. The Morgan fingerprint density at radius 2 is 2.03 bits per heavy atom. The number of ether oxygens (including phenoxy) is 1. The van der Waals surface area contributed by atoms with Gasteiger partial charge in [-0.1, -0.05) is 0 Å². The molecule has 1 aromatic rings. The third-order valence-electron chi connectivity index (χ3n) is 5.56. The van der Waals surface area contributed by atoms with E-state index in [1.165, 1.54) is 17.4 Å². The summed E-state index contributed by atoms with van der Waals surface area (Å²) in [4.78, 5) is 8.22. The summed E-state index contributed by atoms with van der Waals surface area (Å²) in [5, 5.41) is 22.8. The standard InChI is InChI=1S/C18H25F2N5O4S/c1-17(26)5-6-18(19,20)9-14(17)29-15-12(10-21)11-22-16(24-15)23-13-3-7-25(8-4-13)30(2,27)28/h11,13-14,26H,3-9H2,1-2H3,(H,22,23,24). The van der Waals surface area contributed by atoms with E-state index < -0.39 is 40.5 Å². The fourth-order valence-electron chi connectivity index (χ4n) is 3.61. The third-order valence-corrected chi connectivity index (χ3v) is 6.86. The van der Waals surface area contributed by atoms with Crippen molar-refractivity contribution in [3.63, 3.8) is 0 Å². The van der Waals surface area contributed by atoms with Gasteiger partial charge in [0.2, 0.25) is 21.9 Å². The number of aromatic nitrogens is 2. The fourth-order valence-corrected chi connectivity index (χ4v) is 4.48. The quantitative estimate of drug-likeness (QED) is 0.698. The fraction of sp³-hybridized carbons (Fsp3) is 0.722. The Morgan fingerprint density at radius 3 is 2.63 bits per heavy atom. The van der Waals surface area contributed by atoms with Gasteiger partial charge in [0.25, 0.3) is 5.92 Å². The maximum atomic E-state index is 13.8. The number of anilines is 1. The highest BCUT2D eigenvalue weighted by molar-refractivity contribution is 7.88. The summed E-state index contributed by atoms with van der Waals surface area (Å²) in [7, 11) is -3.24. The topological polar surface area (TPSA) is 128 Å². The second kappa shape index (κ2) is 8.20. The van der Waals surface area contributed by atoms with Crippen molar-refractivity contribution < 1.29 is 27.0 Å². The first kappa shape index (κ1) is 22.6. The summed E-state index contributed by atoms with van der Waals surface area (Å²) in [5.74, 6) is -3.00. The molecule has 0 radical (unpaired) electrons. The molecule has 9 nitrogen and oxygen atoms in total. The van der Waals surface area contributed by atoms with Crippen molar-refractivity contribution in [2.75, 3.05) is 24.7 Å². The molecule has 2 unspecified atom stereocenters. The Labute approximate surface area is 174 Å². The van der Waals surface area contributed by atoms with Crippen LogP contribution in [0.1, 0.15) is 44.6 Å². The highest BCUT2D eigenvalue weighted by Gasteiger charge is 2.48. The Morgan fingerprint density at radius 1 is 1.37 bits per heavy atom. The predicted octanol–water partition coefficient (Wildman–Crippen LogP) is 1.50. The van der Waals surface area contributed by atoms with Gasteiger partial charge in [-0.15, -0.1) is 0 Å². The minimum atomic E-state index is -3.24. The molecule has 3 rings (SSSR count). The number of halogens is 2. The van der Waals surface area contributed by atoms with Crippen LogP contribution in [0.25, 0.3) is 0 Å². The minimum absolute atomic E-state index is 0.0304. The van der Waals surface area contributed by atoms with Crippen molar-refractivity contribution in [1.82, 2.24) is 14.3 Å². The molecule has 1 saturated heterocycles. The van der Waals surface area contributed by atoms with Gasteiger partial charge in [0, 0.05) is 25.6 Å². The molecular weight excluding hydrogens is 420 g/mol. The summed E-state index contributed by atoms with van der Waals surface area (Å²) in [6.45, 7) is 2.14. The van der Waals surface area contributed by atoms with Crippen molar-refractivity contribution >= 4 is 16.0 Å². The van der Waals surface area contributed by atoms with E-state index in [1.807, 2.05) is 6.07 Å². The summed E-state index contributed by atoms with van der Waals surface area (Å²) in [6.07, 6.45) is 0.988. The first-order chi connectivity index (χ1) is 13.9. The number of alkyl halides is 2. The molecule has 12 heteroatoms. The van der Waals surface area contributed by atoms with Crippen LogP contribution < -0.4 is 10.1 Å². The second-order valence-electron chi connectivity index (χ2n) is 8.13. The Balaban J connectivity index is 1.72.